The topological polar surface area (TPSA) is 64.0 Å². The van der Waals surface area contributed by atoms with Crippen molar-refractivity contribution in [1.29, 1.82) is 0 Å². The standard InChI is InChI=1S/C22H15F2N3O2S/c23-14-10-15(24)12-16(11-14)25-20(28)13-30-22-26-19-9-5-4-8-18(19)21(29)27(22)17-6-2-1-3-7-17/h1-12H,13H2,(H,25,28). The summed E-state index contributed by atoms with van der Waals surface area (Å²) in [4.78, 5) is 29.9. The van der Waals surface area contributed by atoms with Crippen LogP contribution in [0.4, 0.5) is 14.5 Å². The molecule has 0 aliphatic carbocycles. The number of hydrogen-bond donors (Lipinski definition) is 1. The number of hydrogen-bond acceptors (Lipinski definition) is 4. The van der Waals surface area contributed by atoms with E-state index in [2.05, 4.69) is 10.3 Å². The Labute approximate surface area is 174 Å². The summed E-state index contributed by atoms with van der Waals surface area (Å²) in [7, 11) is 0. The molecule has 0 aliphatic heterocycles. The predicted octanol–water partition coefficient (Wildman–Crippen LogP) is 4.39. The Balaban J connectivity index is 1.65. The highest BCUT2D eigenvalue weighted by Gasteiger charge is 2.15. The Kier molecular flexibility index (Phi) is 5.58. The van der Waals surface area contributed by atoms with Gasteiger partial charge < -0.3 is 5.32 Å². The van der Waals surface area contributed by atoms with E-state index in [0.29, 0.717) is 21.7 Å². The van der Waals surface area contributed by atoms with Gasteiger partial charge in [-0.15, -0.1) is 0 Å². The van der Waals surface area contributed by atoms with Gasteiger partial charge in [-0.2, -0.15) is 0 Å². The highest BCUT2D eigenvalue weighted by Crippen LogP contribution is 2.22. The molecule has 0 atom stereocenters. The first-order valence-electron chi connectivity index (χ1n) is 8.97. The van der Waals surface area contributed by atoms with Crippen LogP contribution in [0.1, 0.15) is 0 Å². The SMILES string of the molecule is O=C(CSc1nc2ccccc2c(=O)n1-c1ccccc1)Nc1cc(F)cc(F)c1. The van der Waals surface area contributed by atoms with Crippen molar-refractivity contribution in [2.45, 2.75) is 5.16 Å². The second-order valence-corrected chi connectivity index (χ2v) is 7.33. The number of thioether (sulfide) groups is 1. The zero-order valence-corrected chi connectivity index (χ0v) is 16.3. The molecule has 4 aromatic rings. The molecule has 1 N–H and O–H groups in total. The van der Waals surface area contributed by atoms with Crippen LogP contribution in [0, 0.1) is 11.6 Å². The van der Waals surface area contributed by atoms with E-state index >= 15 is 0 Å². The number of rotatable bonds is 5. The van der Waals surface area contributed by atoms with Crippen molar-refractivity contribution in [3.05, 3.63) is 94.8 Å². The third-order valence-electron chi connectivity index (χ3n) is 4.24. The number of carbonyl (C=O) groups excluding carboxylic acids is 1. The molecule has 1 aromatic heterocycles. The van der Waals surface area contributed by atoms with E-state index in [1.54, 1.807) is 48.5 Å². The van der Waals surface area contributed by atoms with Crippen LogP contribution in [0.3, 0.4) is 0 Å². The van der Waals surface area contributed by atoms with Crippen LogP contribution in [0.2, 0.25) is 0 Å². The van der Waals surface area contributed by atoms with Crippen molar-refractivity contribution in [3.8, 4) is 5.69 Å². The Morgan fingerprint density at radius 2 is 1.63 bits per heavy atom. The molecular weight excluding hydrogens is 408 g/mol. The summed E-state index contributed by atoms with van der Waals surface area (Å²) in [6.45, 7) is 0. The molecule has 4 rings (SSSR count). The lowest BCUT2D eigenvalue weighted by molar-refractivity contribution is -0.113. The van der Waals surface area contributed by atoms with Crippen LogP contribution < -0.4 is 10.9 Å². The van der Waals surface area contributed by atoms with E-state index in [1.807, 2.05) is 6.07 Å². The van der Waals surface area contributed by atoms with Gasteiger partial charge in [0.1, 0.15) is 11.6 Å². The van der Waals surface area contributed by atoms with E-state index in [4.69, 9.17) is 0 Å². The van der Waals surface area contributed by atoms with Gasteiger partial charge in [0, 0.05) is 11.8 Å². The first-order chi connectivity index (χ1) is 14.5. The molecule has 1 heterocycles. The van der Waals surface area contributed by atoms with E-state index in [-0.39, 0.29) is 17.0 Å². The van der Waals surface area contributed by atoms with Crippen molar-refractivity contribution in [1.82, 2.24) is 9.55 Å². The van der Waals surface area contributed by atoms with Crippen LogP contribution >= 0.6 is 11.8 Å². The molecule has 3 aromatic carbocycles. The first kappa shape index (κ1) is 19.8. The second-order valence-electron chi connectivity index (χ2n) is 6.38. The average molecular weight is 423 g/mol. The lowest BCUT2D eigenvalue weighted by atomic mass is 10.2. The molecule has 0 aliphatic rings. The average Bonchev–Trinajstić information content (AvgIpc) is 2.72. The maximum atomic E-state index is 13.3. The van der Waals surface area contributed by atoms with Gasteiger partial charge >= 0.3 is 0 Å². The Hall–Kier alpha value is -3.52. The van der Waals surface area contributed by atoms with Gasteiger partial charge in [-0.3, -0.25) is 14.2 Å². The van der Waals surface area contributed by atoms with E-state index in [1.165, 1.54) is 4.57 Å². The highest BCUT2D eigenvalue weighted by atomic mass is 32.2. The van der Waals surface area contributed by atoms with Crippen molar-refractivity contribution in [2.24, 2.45) is 0 Å². The van der Waals surface area contributed by atoms with Gasteiger partial charge in [0.15, 0.2) is 5.16 Å². The van der Waals surface area contributed by atoms with Crippen molar-refractivity contribution in [2.75, 3.05) is 11.1 Å². The zero-order chi connectivity index (χ0) is 21.1. The molecule has 8 heteroatoms. The van der Waals surface area contributed by atoms with Crippen LogP contribution in [0.15, 0.2) is 82.7 Å². The van der Waals surface area contributed by atoms with E-state index in [0.717, 1.165) is 30.0 Å². The molecule has 0 radical (unpaired) electrons. The molecule has 30 heavy (non-hydrogen) atoms. The van der Waals surface area contributed by atoms with Gasteiger partial charge in [0.25, 0.3) is 5.56 Å². The fourth-order valence-corrected chi connectivity index (χ4v) is 3.78. The first-order valence-corrected chi connectivity index (χ1v) is 9.96. The summed E-state index contributed by atoms with van der Waals surface area (Å²) >= 11 is 1.06. The van der Waals surface area contributed by atoms with Gasteiger partial charge in [-0.05, 0) is 36.4 Å². The largest absolute Gasteiger partial charge is 0.325 e. The van der Waals surface area contributed by atoms with Crippen LogP contribution in [0.5, 0.6) is 0 Å². The Bertz CT molecular complexity index is 1270. The minimum Gasteiger partial charge on any atom is -0.325 e. The summed E-state index contributed by atoms with van der Waals surface area (Å²) in [6.07, 6.45) is 0. The van der Waals surface area contributed by atoms with Crippen molar-refractivity contribution >= 4 is 34.3 Å². The number of benzene rings is 3. The molecule has 0 unspecified atom stereocenters. The number of nitrogens with zero attached hydrogens (tertiary/aromatic N) is 2. The monoisotopic (exact) mass is 423 g/mol. The predicted molar refractivity (Wildman–Crippen MR) is 113 cm³/mol. The normalized spacial score (nSPS) is 10.9. The molecule has 0 fully saturated rings. The van der Waals surface area contributed by atoms with Gasteiger partial charge in [-0.1, -0.05) is 42.1 Å². The quantitative estimate of drug-likeness (QED) is 0.382. The van der Waals surface area contributed by atoms with Gasteiger partial charge in [0.05, 0.1) is 22.3 Å². The maximum absolute atomic E-state index is 13.3. The number of para-hydroxylation sites is 2. The Morgan fingerprint density at radius 1 is 0.967 bits per heavy atom. The third-order valence-corrected chi connectivity index (χ3v) is 5.18. The molecule has 0 spiro atoms. The fraction of sp³-hybridized carbons (Fsp3) is 0.0455. The number of fused-ring (bicyclic) bond motifs is 1. The number of anilines is 1. The summed E-state index contributed by atoms with van der Waals surface area (Å²) in [5, 5.41) is 3.25. The minimum atomic E-state index is -0.785. The Morgan fingerprint density at radius 3 is 2.37 bits per heavy atom. The fourth-order valence-electron chi connectivity index (χ4n) is 2.97. The number of halogens is 2. The summed E-state index contributed by atoms with van der Waals surface area (Å²) in [5.74, 6) is -2.15. The molecule has 1 amide bonds. The molecule has 0 saturated heterocycles. The maximum Gasteiger partial charge on any atom is 0.266 e. The van der Waals surface area contributed by atoms with Gasteiger partial charge in [-0.25, -0.2) is 13.8 Å². The molecule has 0 bridgehead atoms. The number of nitrogens with one attached hydrogen (secondary N) is 1. The van der Waals surface area contributed by atoms with E-state index in [9.17, 15) is 18.4 Å². The molecule has 150 valence electrons. The number of amides is 1. The molecule has 5 nitrogen and oxygen atoms in total. The zero-order valence-electron chi connectivity index (χ0n) is 15.5. The minimum absolute atomic E-state index is 0.0185. The van der Waals surface area contributed by atoms with Gasteiger partial charge in [0.2, 0.25) is 5.91 Å². The van der Waals surface area contributed by atoms with Crippen LogP contribution in [0.25, 0.3) is 16.6 Å². The smallest absolute Gasteiger partial charge is 0.266 e. The van der Waals surface area contributed by atoms with Crippen LogP contribution in [-0.4, -0.2) is 21.2 Å². The highest BCUT2D eigenvalue weighted by molar-refractivity contribution is 7.99. The van der Waals surface area contributed by atoms with Crippen LogP contribution in [-0.2, 0) is 4.79 Å². The second kappa shape index (κ2) is 8.46. The lowest BCUT2D eigenvalue weighted by Gasteiger charge is -2.13. The summed E-state index contributed by atoms with van der Waals surface area (Å²) in [6, 6.07) is 18.7. The van der Waals surface area contributed by atoms with Crippen molar-refractivity contribution < 1.29 is 13.6 Å². The number of aromatic nitrogens is 2. The molecule has 0 saturated carbocycles. The summed E-state index contributed by atoms with van der Waals surface area (Å²) < 4.78 is 28.1. The molecular formula is C22H15F2N3O2S. The lowest BCUT2D eigenvalue weighted by Crippen LogP contribution is -2.23. The summed E-state index contributed by atoms with van der Waals surface area (Å²) in [5.41, 5.74) is 0.910. The van der Waals surface area contributed by atoms with E-state index < -0.39 is 17.5 Å². The number of carbonyl (C=O) groups is 1. The van der Waals surface area contributed by atoms with Crippen molar-refractivity contribution in [3.63, 3.8) is 0 Å². The third kappa shape index (κ3) is 4.23.